The van der Waals surface area contributed by atoms with Crippen LogP contribution < -0.4 is 0 Å². The topological polar surface area (TPSA) is 21.8 Å². The number of hydrogen-bond donors (Lipinski definition) is 0. The molecule has 1 heterocycles. The number of epoxide rings is 1. The molecule has 0 unspecified atom stereocenters. The molecule has 0 bridgehead atoms. The lowest BCUT2D eigenvalue weighted by Crippen LogP contribution is -2.41. The number of hydrogen-bond acceptors (Lipinski definition) is 2. The molecule has 20 heavy (non-hydrogen) atoms. The summed E-state index contributed by atoms with van der Waals surface area (Å²) in [6.07, 6.45) is 7.46. The van der Waals surface area contributed by atoms with Crippen molar-refractivity contribution in [2.45, 2.75) is 76.3 Å². The SMILES string of the molecule is CCCC[C@@]12O[C@]1(C)CCC[C@@H]2OCc1ccccc1. The summed E-state index contributed by atoms with van der Waals surface area (Å²) in [7, 11) is 0. The van der Waals surface area contributed by atoms with E-state index in [1.165, 1.54) is 31.2 Å². The average Bonchev–Trinajstić information content (AvgIpc) is 3.10. The van der Waals surface area contributed by atoms with E-state index in [4.69, 9.17) is 9.47 Å². The van der Waals surface area contributed by atoms with Crippen molar-refractivity contribution in [1.82, 2.24) is 0 Å². The molecule has 1 aliphatic heterocycles. The van der Waals surface area contributed by atoms with Gasteiger partial charge in [0.05, 0.1) is 18.3 Å². The predicted molar refractivity (Wildman–Crippen MR) is 80.6 cm³/mol. The van der Waals surface area contributed by atoms with Crippen LogP contribution >= 0.6 is 0 Å². The second-order valence-corrected chi connectivity index (χ2v) is 6.50. The van der Waals surface area contributed by atoms with Crippen LogP contribution in [-0.4, -0.2) is 17.3 Å². The molecule has 0 radical (unpaired) electrons. The lowest BCUT2D eigenvalue weighted by atomic mass is 9.75. The molecule has 1 saturated carbocycles. The fourth-order valence-corrected chi connectivity index (χ4v) is 3.81. The number of unbranched alkanes of at least 4 members (excludes halogenated alkanes) is 1. The minimum atomic E-state index is 0.00996. The molecule has 0 amide bonds. The molecule has 0 spiro atoms. The lowest BCUT2D eigenvalue weighted by molar-refractivity contribution is -0.0277. The number of ether oxygens (including phenoxy) is 2. The molecule has 2 heteroatoms. The van der Waals surface area contributed by atoms with E-state index in [2.05, 4.69) is 38.1 Å². The van der Waals surface area contributed by atoms with E-state index in [-0.39, 0.29) is 17.3 Å². The van der Waals surface area contributed by atoms with Gasteiger partial charge in [-0.2, -0.15) is 0 Å². The highest BCUT2D eigenvalue weighted by atomic mass is 16.7. The van der Waals surface area contributed by atoms with Crippen molar-refractivity contribution in [2.24, 2.45) is 0 Å². The first kappa shape index (κ1) is 14.1. The summed E-state index contributed by atoms with van der Waals surface area (Å²) < 4.78 is 12.5. The lowest BCUT2D eigenvalue weighted by Gasteiger charge is -2.31. The second kappa shape index (κ2) is 5.50. The zero-order valence-corrected chi connectivity index (χ0v) is 12.7. The highest BCUT2D eigenvalue weighted by Gasteiger charge is 2.71. The molecule has 0 N–H and O–H groups in total. The Labute approximate surface area is 122 Å². The van der Waals surface area contributed by atoms with E-state index in [0.717, 1.165) is 12.8 Å². The van der Waals surface area contributed by atoms with Crippen LogP contribution in [-0.2, 0) is 16.1 Å². The van der Waals surface area contributed by atoms with Crippen LogP contribution in [0.15, 0.2) is 30.3 Å². The van der Waals surface area contributed by atoms with E-state index >= 15 is 0 Å². The maximum atomic E-state index is 6.26. The molecule has 1 aromatic carbocycles. The Kier molecular flexibility index (Phi) is 3.87. The van der Waals surface area contributed by atoms with Gasteiger partial charge in [-0.15, -0.1) is 0 Å². The Bertz CT molecular complexity index is 444. The smallest absolute Gasteiger partial charge is 0.124 e. The van der Waals surface area contributed by atoms with Gasteiger partial charge in [0.1, 0.15) is 5.60 Å². The van der Waals surface area contributed by atoms with Crippen molar-refractivity contribution in [3.8, 4) is 0 Å². The van der Waals surface area contributed by atoms with Gasteiger partial charge in [0.2, 0.25) is 0 Å². The Morgan fingerprint density at radius 1 is 1.30 bits per heavy atom. The Morgan fingerprint density at radius 3 is 2.85 bits per heavy atom. The molecular formula is C18H26O2. The van der Waals surface area contributed by atoms with Gasteiger partial charge in [0, 0.05) is 0 Å². The summed E-state index contributed by atoms with van der Waals surface area (Å²) in [6, 6.07) is 10.5. The van der Waals surface area contributed by atoms with Crippen molar-refractivity contribution in [2.75, 3.05) is 0 Å². The van der Waals surface area contributed by atoms with Crippen LogP contribution in [0.5, 0.6) is 0 Å². The molecule has 3 rings (SSSR count). The van der Waals surface area contributed by atoms with Crippen LogP contribution in [0.3, 0.4) is 0 Å². The van der Waals surface area contributed by atoms with Gasteiger partial charge < -0.3 is 9.47 Å². The fourth-order valence-electron chi connectivity index (χ4n) is 3.81. The third-order valence-corrected chi connectivity index (χ3v) is 5.10. The maximum absolute atomic E-state index is 6.26. The van der Waals surface area contributed by atoms with Crippen LogP contribution in [0.2, 0.25) is 0 Å². The number of rotatable bonds is 6. The van der Waals surface area contributed by atoms with E-state index in [0.29, 0.717) is 6.61 Å². The van der Waals surface area contributed by atoms with Crippen molar-refractivity contribution in [3.05, 3.63) is 35.9 Å². The maximum Gasteiger partial charge on any atom is 0.124 e. The van der Waals surface area contributed by atoms with Crippen molar-refractivity contribution < 1.29 is 9.47 Å². The Hall–Kier alpha value is -0.860. The van der Waals surface area contributed by atoms with E-state index in [1.807, 2.05) is 6.07 Å². The van der Waals surface area contributed by atoms with Crippen LogP contribution in [0.1, 0.15) is 57.9 Å². The van der Waals surface area contributed by atoms with Gasteiger partial charge in [0.15, 0.2) is 0 Å². The molecular weight excluding hydrogens is 248 g/mol. The quantitative estimate of drug-likeness (QED) is 0.714. The monoisotopic (exact) mass is 274 g/mol. The molecule has 2 aliphatic rings. The van der Waals surface area contributed by atoms with Gasteiger partial charge in [0.25, 0.3) is 0 Å². The standard InChI is InChI=1S/C18H26O2/c1-3-4-13-18-16(11-8-12-17(18,2)20-18)19-14-15-9-6-5-7-10-15/h5-7,9-10,16H,3-4,8,11-14H2,1-2H3/t16-,17+,18-/m0/s1. The molecule has 0 aromatic heterocycles. The molecule has 2 nitrogen and oxygen atoms in total. The third-order valence-electron chi connectivity index (χ3n) is 5.10. The van der Waals surface area contributed by atoms with E-state index < -0.39 is 0 Å². The molecule has 110 valence electrons. The van der Waals surface area contributed by atoms with Crippen LogP contribution in [0.25, 0.3) is 0 Å². The highest BCUT2D eigenvalue weighted by molar-refractivity contribution is 5.20. The first-order valence-corrected chi connectivity index (χ1v) is 8.06. The minimum Gasteiger partial charge on any atom is -0.370 e. The van der Waals surface area contributed by atoms with Crippen LogP contribution in [0.4, 0.5) is 0 Å². The summed E-state index contributed by atoms with van der Waals surface area (Å²) in [5, 5.41) is 0. The van der Waals surface area contributed by atoms with Crippen molar-refractivity contribution in [3.63, 3.8) is 0 Å². The fraction of sp³-hybridized carbons (Fsp3) is 0.667. The first-order valence-electron chi connectivity index (χ1n) is 8.06. The van der Waals surface area contributed by atoms with Gasteiger partial charge in [-0.3, -0.25) is 0 Å². The summed E-state index contributed by atoms with van der Waals surface area (Å²) in [5.74, 6) is 0. The van der Waals surface area contributed by atoms with Gasteiger partial charge in [-0.1, -0.05) is 50.1 Å². The third kappa shape index (κ3) is 2.40. The summed E-state index contributed by atoms with van der Waals surface area (Å²) in [5.41, 5.74) is 1.35. The molecule has 1 aliphatic carbocycles. The van der Waals surface area contributed by atoms with Gasteiger partial charge >= 0.3 is 0 Å². The first-order chi connectivity index (χ1) is 9.70. The summed E-state index contributed by atoms with van der Waals surface area (Å²) >= 11 is 0. The van der Waals surface area contributed by atoms with E-state index in [9.17, 15) is 0 Å². The number of benzene rings is 1. The van der Waals surface area contributed by atoms with Crippen LogP contribution in [0, 0.1) is 0 Å². The minimum absolute atomic E-state index is 0.00996. The predicted octanol–water partition coefficient (Wildman–Crippen LogP) is 4.47. The Balaban J connectivity index is 1.65. The highest BCUT2D eigenvalue weighted by Crippen LogP contribution is 2.60. The molecule has 2 fully saturated rings. The van der Waals surface area contributed by atoms with Gasteiger partial charge in [-0.05, 0) is 38.2 Å². The Morgan fingerprint density at radius 2 is 2.10 bits per heavy atom. The zero-order valence-electron chi connectivity index (χ0n) is 12.7. The molecule has 3 atom stereocenters. The summed E-state index contributed by atoms with van der Waals surface area (Å²) in [6.45, 7) is 5.23. The molecule has 1 saturated heterocycles. The second-order valence-electron chi connectivity index (χ2n) is 6.50. The largest absolute Gasteiger partial charge is 0.370 e. The van der Waals surface area contributed by atoms with Gasteiger partial charge in [-0.25, -0.2) is 0 Å². The molecule has 1 aromatic rings. The average molecular weight is 274 g/mol. The normalized spacial score (nSPS) is 35.6. The summed E-state index contributed by atoms with van der Waals surface area (Å²) in [4.78, 5) is 0. The van der Waals surface area contributed by atoms with Crippen molar-refractivity contribution in [1.29, 1.82) is 0 Å². The number of fused-ring (bicyclic) bond motifs is 1. The zero-order chi connectivity index (χ0) is 14.1. The van der Waals surface area contributed by atoms with Crippen molar-refractivity contribution >= 4 is 0 Å². The van der Waals surface area contributed by atoms with E-state index in [1.54, 1.807) is 0 Å².